The zero-order valence-corrected chi connectivity index (χ0v) is 11.1. The second kappa shape index (κ2) is 4.72. The fourth-order valence-electron chi connectivity index (χ4n) is 2.07. The minimum Gasteiger partial charge on any atom is -1.00 e. The van der Waals surface area contributed by atoms with Crippen LogP contribution in [0.25, 0.3) is 16.7 Å². The third kappa shape index (κ3) is 1.98. The highest BCUT2D eigenvalue weighted by Crippen LogP contribution is 2.20. The van der Waals surface area contributed by atoms with Crippen LogP contribution in [0.3, 0.4) is 0 Å². The number of fused-ring (bicyclic) bond motifs is 1. The summed E-state index contributed by atoms with van der Waals surface area (Å²) in [6.45, 7) is 2.15. The Morgan fingerprint density at radius 1 is 0.941 bits per heavy atom. The molecule has 17 heavy (non-hydrogen) atoms. The number of hydrogen-bond donors (Lipinski definition) is 1. The highest BCUT2D eigenvalue weighted by Gasteiger charge is 2.14. The van der Waals surface area contributed by atoms with E-state index in [0.29, 0.717) is 0 Å². The van der Waals surface area contributed by atoms with E-state index in [0.717, 1.165) is 5.82 Å². The summed E-state index contributed by atoms with van der Waals surface area (Å²) in [5.74, 6) is 1.14. The zero-order chi connectivity index (χ0) is 11.0. The van der Waals surface area contributed by atoms with Crippen molar-refractivity contribution in [1.82, 2.24) is 4.98 Å². The van der Waals surface area contributed by atoms with E-state index in [-0.39, 0.29) is 17.0 Å². The van der Waals surface area contributed by atoms with E-state index in [1.807, 2.05) is 18.2 Å². The maximum atomic E-state index is 3.44. The molecule has 0 amide bonds. The van der Waals surface area contributed by atoms with Crippen LogP contribution >= 0.6 is 0 Å². The molecule has 0 spiro atoms. The first-order valence-corrected chi connectivity index (χ1v) is 5.40. The highest BCUT2D eigenvalue weighted by atomic mass is 79.9. The second-order valence-electron chi connectivity index (χ2n) is 3.93. The number of nitrogens with zero attached hydrogens (tertiary/aromatic N) is 1. The monoisotopic (exact) mass is 288 g/mol. The second-order valence-corrected chi connectivity index (χ2v) is 3.93. The summed E-state index contributed by atoms with van der Waals surface area (Å²) in [4.78, 5) is 3.44. The quantitative estimate of drug-likeness (QED) is 0.597. The van der Waals surface area contributed by atoms with Gasteiger partial charge in [0.25, 0.3) is 5.82 Å². The van der Waals surface area contributed by atoms with Crippen LogP contribution < -0.4 is 21.5 Å². The van der Waals surface area contributed by atoms with Crippen molar-refractivity contribution in [3.63, 3.8) is 0 Å². The molecule has 3 aromatic rings. The molecule has 1 N–H and O–H groups in total. The van der Waals surface area contributed by atoms with Gasteiger partial charge in [-0.2, -0.15) is 0 Å². The van der Waals surface area contributed by atoms with Gasteiger partial charge >= 0.3 is 0 Å². The van der Waals surface area contributed by atoms with Crippen LogP contribution in [0.4, 0.5) is 0 Å². The molecule has 3 heteroatoms. The number of benzene rings is 1. The Labute approximate surface area is 111 Å². The minimum atomic E-state index is 0. The normalized spacial score (nSPS) is 10.2. The topological polar surface area (TPSA) is 19.7 Å². The molecule has 0 bridgehead atoms. The predicted molar refractivity (Wildman–Crippen MR) is 64.6 cm³/mol. The minimum absolute atomic E-state index is 0. The Balaban J connectivity index is 0.00000108. The first-order valence-electron chi connectivity index (χ1n) is 5.40. The van der Waals surface area contributed by atoms with Crippen molar-refractivity contribution < 1.29 is 21.5 Å². The average Bonchev–Trinajstić information content (AvgIpc) is 2.69. The van der Waals surface area contributed by atoms with E-state index in [2.05, 4.69) is 53.1 Å². The van der Waals surface area contributed by atoms with E-state index in [9.17, 15) is 0 Å². The summed E-state index contributed by atoms with van der Waals surface area (Å²) < 4.78 is 2.11. The SMILES string of the molecule is Cc1c(-[n+]2ccccc2)[nH]c2ccccc12.[Br-]. The number of rotatable bonds is 1. The summed E-state index contributed by atoms with van der Waals surface area (Å²) in [6, 6.07) is 14.5. The Kier molecular flexibility index (Phi) is 3.29. The maximum absolute atomic E-state index is 3.44. The number of para-hydroxylation sites is 1. The van der Waals surface area contributed by atoms with Crippen LogP contribution in [0.2, 0.25) is 0 Å². The molecular formula is C14H13BrN2. The van der Waals surface area contributed by atoms with Crippen LogP contribution in [-0.2, 0) is 0 Å². The fourth-order valence-corrected chi connectivity index (χ4v) is 2.07. The molecule has 3 rings (SSSR count). The molecule has 86 valence electrons. The van der Waals surface area contributed by atoms with Gasteiger partial charge in [-0.05, 0) is 25.1 Å². The van der Waals surface area contributed by atoms with Crippen molar-refractivity contribution in [1.29, 1.82) is 0 Å². The standard InChI is InChI=1S/C14H13N2.BrH/c1-11-12-7-3-4-8-13(12)15-14(11)16-9-5-2-6-10-16;/h2-10,15H,1H3;1H/q+1;/p-1. The number of H-pyrrole nitrogens is 1. The Bertz CT molecular complexity index is 629. The van der Waals surface area contributed by atoms with Gasteiger partial charge in [-0.15, -0.1) is 0 Å². The number of nitrogens with one attached hydrogen (secondary N) is 1. The van der Waals surface area contributed by atoms with Crippen LogP contribution in [0.1, 0.15) is 5.56 Å². The summed E-state index contributed by atoms with van der Waals surface area (Å²) in [6.07, 6.45) is 4.11. The van der Waals surface area contributed by atoms with E-state index >= 15 is 0 Å². The number of halogens is 1. The first-order chi connectivity index (χ1) is 7.86. The summed E-state index contributed by atoms with van der Waals surface area (Å²) in [5, 5.41) is 1.29. The summed E-state index contributed by atoms with van der Waals surface area (Å²) in [5.41, 5.74) is 2.47. The lowest BCUT2D eigenvalue weighted by molar-refractivity contribution is -0.599. The third-order valence-electron chi connectivity index (χ3n) is 2.91. The van der Waals surface area contributed by atoms with Crippen LogP contribution in [0.5, 0.6) is 0 Å². The molecule has 0 aliphatic heterocycles. The number of aromatic amines is 1. The van der Waals surface area contributed by atoms with Gasteiger partial charge in [0.1, 0.15) is 5.52 Å². The lowest BCUT2D eigenvalue weighted by Crippen LogP contribution is -3.00. The largest absolute Gasteiger partial charge is 1.00 e. The molecule has 0 saturated heterocycles. The molecule has 0 unspecified atom stereocenters. The number of pyridine rings is 1. The Morgan fingerprint density at radius 3 is 2.35 bits per heavy atom. The van der Waals surface area contributed by atoms with E-state index in [1.54, 1.807) is 0 Å². The predicted octanol–water partition coefficient (Wildman–Crippen LogP) is -0.243. The smallest absolute Gasteiger partial charge is 0.287 e. The van der Waals surface area contributed by atoms with Gasteiger partial charge in [0, 0.05) is 5.39 Å². The number of aryl methyl sites for hydroxylation is 1. The van der Waals surface area contributed by atoms with Crippen LogP contribution in [-0.4, -0.2) is 4.98 Å². The molecular weight excluding hydrogens is 276 g/mol. The van der Waals surface area contributed by atoms with Gasteiger partial charge in [-0.3, -0.25) is 0 Å². The molecule has 0 fully saturated rings. The van der Waals surface area contributed by atoms with Gasteiger partial charge in [0.05, 0.1) is 18.0 Å². The average molecular weight is 289 g/mol. The molecule has 0 radical (unpaired) electrons. The fraction of sp³-hybridized carbons (Fsp3) is 0.0714. The maximum Gasteiger partial charge on any atom is 0.287 e. The molecule has 1 aromatic carbocycles. The molecule has 0 atom stereocenters. The first kappa shape index (κ1) is 11.9. The van der Waals surface area contributed by atoms with Crippen molar-refractivity contribution in [3.8, 4) is 5.82 Å². The van der Waals surface area contributed by atoms with Crippen molar-refractivity contribution >= 4 is 10.9 Å². The van der Waals surface area contributed by atoms with Crippen LogP contribution in [0, 0.1) is 6.92 Å². The van der Waals surface area contributed by atoms with E-state index < -0.39 is 0 Å². The summed E-state index contributed by atoms with van der Waals surface area (Å²) >= 11 is 0. The molecule has 2 nitrogen and oxygen atoms in total. The Hall–Kier alpha value is -1.61. The molecule has 0 aliphatic carbocycles. The third-order valence-corrected chi connectivity index (χ3v) is 2.91. The van der Waals surface area contributed by atoms with Gasteiger partial charge in [0.2, 0.25) is 0 Å². The van der Waals surface area contributed by atoms with Crippen LogP contribution in [0.15, 0.2) is 54.9 Å². The zero-order valence-electron chi connectivity index (χ0n) is 9.52. The number of aromatic nitrogens is 2. The van der Waals surface area contributed by atoms with E-state index in [4.69, 9.17) is 0 Å². The van der Waals surface area contributed by atoms with Gasteiger partial charge < -0.3 is 17.0 Å². The summed E-state index contributed by atoms with van der Waals surface area (Å²) in [7, 11) is 0. The van der Waals surface area contributed by atoms with E-state index in [1.165, 1.54) is 16.5 Å². The van der Waals surface area contributed by atoms with Gasteiger partial charge in [0.15, 0.2) is 0 Å². The molecule has 2 heterocycles. The number of hydrogen-bond acceptors (Lipinski definition) is 0. The highest BCUT2D eigenvalue weighted by molar-refractivity contribution is 5.85. The molecule has 2 aromatic heterocycles. The van der Waals surface area contributed by atoms with Crippen molar-refractivity contribution in [2.45, 2.75) is 6.92 Å². The lowest BCUT2D eigenvalue weighted by atomic mass is 10.2. The van der Waals surface area contributed by atoms with Gasteiger partial charge in [-0.25, -0.2) is 9.55 Å². The van der Waals surface area contributed by atoms with Crippen molar-refractivity contribution in [2.75, 3.05) is 0 Å². The Morgan fingerprint density at radius 2 is 1.65 bits per heavy atom. The lowest BCUT2D eigenvalue weighted by Gasteiger charge is -1.94. The van der Waals surface area contributed by atoms with Gasteiger partial charge in [-0.1, -0.05) is 24.3 Å². The van der Waals surface area contributed by atoms with Crippen molar-refractivity contribution in [2.24, 2.45) is 0 Å². The molecule has 0 saturated carbocycles. The van der Waals surface area contributed by atoms with Crippen molar-refractivity contribution in [3.05, 3.63) is 60.4 Å². The molecule has 0 aliphatic rings.